The molecule has 0 bridgehead atoms. The van der Waals surface area contributed by atoms with Crippen LogP contribution in [0.1, 0.15) is 57.8 Å². The molecular weight excluding hydrogens is 634 g/mol. The number of amides is 3. The Labute approximate surface area is 288 Å². The molecule has 3 aromatic rings. The first kappa shape index (κ1) is 41.0. The molecule has 2 atom stereocenters. The highest BCUT2D eigenvalue weighted by molar-refractivity contribution is 5.82. The molecule has 0 aliphatic heterocycles. The Hall–Kier alpha value is -4.17. The summed E-state index contributed by atoms with van der Waals surface area (Å²) in [5.74, 6) is -2.57. The molecule has 49 heavy (non-hydrogen) atoms. The first-order chi connectivity index (χ1) is 23.3. The standard InChI is InChI=1S/C32H42F2N6O4.C4H10O/c1-32(2,3)30(40(29(43)20-41)14-11-26(36)31(44)38-13-12-37-28(42)17-35)27-15-22(24-16-23(33)9-10-25(24)34)19-39(27)18-21-7-5-4-6-8-21;1-3-4-5-2/h4-10,15-16,19,26,30,41H,11-14,17-18,20,35-36H2,1-3H3,(H,37,42)(H,38,44);3-4H2,1-2H3. The number of nitrogens with two attached hydrogens (primary N) is 2. The number of aliphatic hydroxyl groups excluding tert-OH is 1. The van der Waals surface area contributed by atoms with Gasteiger partial charge in [-0.15, -0.1) is 0 Å². The summed E-state index contributed by atoms with van der Waals surface area (Å²) in [7, 11) is 1.71. The van der Waals surface area contributed by atoms with Gasteiger partial charge in [-0.1, -0.05) is 58.0 Å². The van der Waals surface area contributed by atoms with Gasteiger partial charge in [0.1, 0.15) is 18.2 Å². The molecule has 0 spiro atoms. The number of carbonyl (C=O) groups excluding carboxylic acids is 3. The van der Waals surface area contributed by atoms with E-state index in [-0.39, 0.29) is 44.1 Å². The van der Waals surface area contributed by atoms with E-state index in [1.54, 1.807) is 19.4 Å². The highest BCUT2D eigenvalue weighted by Gasteiger charge is 2.37. The largest absolute Gasteiger partial charge is 0.387 e. The molecule has 1 aromatic heterocycles. The maximum atomic E-state index is 14.9. The lowest BCUT2D eigenvalue weighted by atomic mass is 9.82. The molecule has 11 nitrogen and oxygen atoms in total. The van der Waals surface area contributed by atoms with Crippen LogP contribution in [0.2, 0.25) is 0 Å². The summed E-state index contributed by atoms with van der Waals surface area (Å²) in [5.41, 5.74) is 12.9. The zero-order valence-electron chi connectivity index (χ0n) is 29.2. The van der Waals surface area contributed by atoms with E-state index in [1.807, 2.05) is 55.7 Å². The molecule has 270 valence electrons. The fourth-order valence-corrected chi connectivity index (χ4v) is 5.30. The molecule has 0 fully saturated rings. The van der Waals surface area contributed by atoms with E-state index in [0.29, 0.717) is 17.8 Å². The second kappa shape index (κ2) is 20.4. The molecule has 7 N–H and O–H groups in total. The Kier molecular flexibility index (Phi) is 17.0. The van der Waals surface area contributed by atoms with Gasteiger partial charge in [0.25, 0.3) is 0 Å². The van der Waals surface area contributed by atoms with Crippen LogP contribution in [0, 0.1) is 17.0 Å². The summed E-state index contributed by atoms with van der Waals surface area (Å²) in [6.07, 6.45) is 2.92. The third kappa shape index (κ3) is 13.0. The molecule has 0 saturated carbocycles. The summed E-state index contributed by atoms with van der Waals surface area (Å²) >= 11 is 0. The zero-order chi connectivity index (χ0) is 36.6. The van der Waals surface area contributed by atoms with Gasteiger partial charge in [-0.05, 0) is 48.1 Å². The van der Waals surface area contributed by atoms with Crippen LogP contribution in [0.5, 0.6) is 0 Å². The lowest BCUT2D eigenvalue weighted by Gasteiger charge is -2.41. The fourth-order valence-electron chi connectivity index (χ4n) is 5.30. The monoisotopic (exact) mass is 686 g/mol. The molecule has 0 aliphatic carbocycles. The van der Waals surface area contributed by atoms with Crippen molar-refractivity contribution >= 4 is 17.7 Å². The lowest BCUT2D eigenvalue weighted by molar-refractivity contribution is -0.140. The minimum absolute atomic E-state index is 0.0278. The first-order valence-electron chi connectivity index (χ1n) is 16.4. The minimum atomic E-state index is -0.983. The number of ether oxygens (including phenoxy) is 1. The Balaban J connectivity index is 0.00000155. The van der Waals surface area contributed by atoms with Crippen molar-refractivity contribution in [1.82, 2.24) is 20.1 Å². The van der Waals surface area contributed by atoms with Crippen LogP contribution in [-0.2, 0) is 25.7 Å². The van der Waals surface area contributed by atoms with Crippen molar-refractivity contribution in [1.29, 1.82) is 0 Å². The van der Waals surface area contributed by atoms with E-state index in [9.17, 15) is 28.3 Å². The van der Waals surface area contributed by atoms with Crippen LogP contribution < -0.4 is 22.1 Å². The maximum absolute atomic E-state index is 14.9. The van der Waals surface area contributed by atoms with Gasteiger partial charge < -0.3 is 41.4 Å². The van der Waals surface area contributed by atoms with E-state index in [0.717, 1.165) is 36.8 Å². The molecule has 2 unspecified atom stereocenters. The second-order valence-corrected chi connectivity index (χ2v) is 12.6. The van der Waals surface area contributed by atoms with E-state index in [4.69, 9.17) is 16.2 Å². The molecule has 0 saturated heterocycles. The Morgan fingerprint density at radius 2 is 1.71 bits per heavy atom. The van der Waals surface area contributed by atoms with Crippen LogP contribution in [0.15, 0.2) is 60.8 Å². The molecule has 2 aromatic carbocycles. The number of hydrogen-bond donors (Lipinski definition) is 5. The number of aromatic nitrogens is 1. The minimum Gasteiger partial charge on any atom is -0.387 e. The number of nitrogens with zero attached hydrogens (tertiary/aromatic N) is 2. The quantitative estimate of drug-likeness (QED) is 0.144. The third-order valence-corrected chi connectivity index (χ3v) is 7.59. The molecule has 0 aliphatic rings. The molecule has 1 heterocycles. The second-order valence-electron chi connectivity index (χ2n) is 12.6. The SMILES string of the molecule is CC(C)(C)C(c1cc(-c2cc(F)ccc2F)cn1Cc1ccccc1)N(CCC(N)C(=O)NCCNC(=O)CN)C(=O)CO.CCCOC. The highest BCUT2D eigenvalue weighted by Crippen LogP contribution is 2.41. The number of halogens is 2. The van der Waals surface area contributed by atoms with Crippen LogP contribution in [0.3, 0.4) is 0 Å². The molecule has 0 radical (unpaired) electrons. The average Bonchev–Trinajstić information content (AvgIpc) is 3.47. The van der Waals surface area contributed by atoms with Crippen molar-refractivity contribution in [3.63, 3.8) is 0 Å². The van der Waals surface area contributed by atoms with Crippen molar-refractivity contribution in [2.45, 2.75) is 59.2 Å². The van der Waals surface area contributed by atoms with Gasteiger partial charge in [-0.2, -0.15) is 0 Å². The Morgan fingerprint density at radius 3 is 2.29 bits per heavy atom. The van der Waals surface area contributed by atoms with Gasteiger partial charge in [0.15, 0.2) is 0 Å². The van der Waals surface area contributed by atoms with Gasteiger partial charge in [-0.25, -0.2) is 8.78 Å². The smallest absolute Gasteiger partial charge is 0.248 e. The van der Waals surface area contributed by atoms with Crippen molar-refractivity contribution in [3.05, 3.63) is 83.7 Å². The summed E-state index contributed by atoms with van der Waals surface area (Å²) in [4.78, 5) is 38.7. The van der Waals surface area contributed by atoms with Gasteiger partial charge >= 0.3 is 0 Å². The van der Waals surface area contributed by atoms with Gasteiger partial charge in [0, 0.05) is 62.9 Å². The number of methoxy groups -OCH3 is 1. The molecule has 3 amide bonds. The van der Waals surface area contributed by atoms with Crippen molar-refractivity contribution in [2.75, 3.05) is 46.5 Å². The van der Waals surface area contributed by atoms with E-state index >= 15 is 0 Å². The molecule has 3 rings (SSSR count). The molecular formula is C36H52F2N6O5. The first-order valence-corrected chi connectivity index (χ1v) is 16.4. The van der Waals surface area contributed by atoms with E-state index < -0.39 is 47.6 Å². The number of aliphatic hydroxyl groups is 1. The summed E-state index contributed by atoms with van der Waals surface area (Å²) in [5, 5.41) is 15.2. The normalized spacial score (nSPS) is 12.4. The summed E-state index contributed by atoms with van der Waals surface area (Å²) in [6, 6.07) is 12.9. The number of rotatable bonds is 16. The fraction of sp³-hybridized carbons (Fsp3) is 0.472. The van der Waals surface area contributed by atoms with Crippen molar-refractivity contribution in [3.8, 4) is 11.1 Å². The van der Waals surface area contributed by atoms with Gasteiger partial charge in [-0.3, -0.25) is 14.4 Å². The van der Waals surface area contributed by atoms with E-state index in [1.165, 1.54) is 4.90 Å². The predicted octanol–water partition coefficient (Wildman–Crippen LogP) is 3.34. The maximum Gasteiger partial charge on any atom is 0.248 e. The van der Waals surface area contributed by atoms with E-state index in [2.05, 4.69) is 17.6 Å². The van der Waals surface area contributed by atoms with Gasteiger partial charge in [0.2, 0.25) is 17.7 Å². The average molecular weight is 687 g/mol. The van der Waals surface area contributed by atoms with Crippen molar-refractivity contribution in [2.24, 2.45) is 16.9 Å². The number of nitrogens with one attached hydrogen (secondary N) is 2. The van der Waals surface area contributed by atoms with Crippen molar-refractivity contribution < 1.29 is 33.0 Å². The number of hydrogen-bond acceptors (Lipinski definition) is 7. The lowest BCUT2D eigenvalue weighted by Crippen LogP contribution is -2.48. The summed E-state index contributed by atoms with van der Waals surface area (Å²) in [6.45, 7) is 8.56. The number of benzene rings is 2. The number of carbonyl (C=O) groups is 3. The van der Waals surface area contributed by atoms with Gasteiger partial charge in [0.05, 0.1) is 18.6 Å². The topological polar surface area (TPSA) is 165 Å². The van der Waals surface area contributed by atoms with Crippen LogP contribution in [-0.4, -0.2) is 84.8 Å². The summed E-state index contributed by atoms with van der Waals surface area (Å²) < 4.78 is 35.7. The Morgan fingerprint density at radius 1 is 1.04 bits per heavy atom. The third-order valence-electron chi connectivity index (χ3n) is 7.59. The zero-order valence-corrected chi connectivity index (χ0v) is 29.2. The highest BCUT2D eigenvalue weighted by atomic mass is 19.1. The Bertz CT molecular complexity index is 1480. The van der Waals surface area contributed by atoms with Crippen LogP contribution >= 0.6 is 0 Å². The van der Waals surface area contributed by atoms with Crippen LogP contribution in [0.25, 0.3) is 11.1 Å². The predicted molar refractivity (Wildman–Crippen MR) is 186 cm³/mol. The van der Waals surface area contributed by atoms with Crippen LogP contribution in [0.4, 0.5) is 8.78 Å². The molecule has 13 heteroatoms.